The number of amides is 1. The lowest BCUT2D eigenvalue weighted by Crippen LogP contribution is -2.35. The number of hydrogen-bond acceptors (Lipinski definition) is 3. The molecule has 1 aromatic rings. The van der Waals surface area contributed by atoms with E-state index in [1.54, 1.807) is 4.90 Å². The summed E-state index contributed by atoms with van der Waals surface area (Å²) >= 11 is 0. The molecular formula is C16H21F2NO3. The van der Waals surface area contributed by atoms with Crippen molar-refractivity contribution in [1.29, 1.82) is 0 Å². The zero-order chi connectivity index (χ0) is 16.3. The van der Waals surface area contributed by atoms with E-state index >= 15 is 0 Å². The number of hydrogen-bond donors (Lipinski definition) is 0. The normalized spacial score (nSPS) is 18.4. The topological polar surface area (TPSA) is 38.8 Å². The fourth-order valence-electron chi connectivity index (χ4n) is 2.26. The summed E-state index contributed by atoms with van der Waals surface area (Å²) in [4.78, 5) is 13.6. The number of ether oxygens (including phenoxy) is 2. The maximum absolute atomic E-state index is 13.5. The Balaban J connectivity index is 1.82. The highest BCUT2D eigenvalue weighted by molar-refractivity contribution is 5.68. The molecule has 1 amide bonds. The van der Waals surface area contributed by atoms with Gasteiger partial charge in [-0.25, -0.2) is 13.6 Å². The summed E-state index contributed by atoms with van der Waals surface area (Å²) in [6.07, 6.45) is 0.421. The Hall–Kier alpha value is -1.85. The minimum absolute atomic E-state index is 0.0251. The van der Waals surface area contributed by atoms with Gasteiger partial charge in [0.25, 0.3) is 0 Å². The average molecular weight is 313 g/mol. The van der Waals surface area contributed by atoms with E-state index in [4.69, 9.17) is 9.47 Å². The predicted octanol–water partition coefficient (Wildman–Crippen LogP) is 3.60. The molecule has 0 bridgehead atoms. The molecule has 0 aromatic heterocycles. The molecule has 122 valence electrons. The Morgan fingerprint density at radius 2 is 2.09 bits per heavy atom. The third-order valence-corrected chi connectivity index (χ3v) is 3.31. The summed E-state index contributed by atoms with van der Waals surface area (Å²) in [6.45, 7) is 6.84. The molecule has 6 heteroatoms. The second-order valence-corrected chi connectivity index (χ2v) is 6.47. The van der Waals surface area contributed by atoms with Crippen molar-refractivity contribution in [2.75, 3.05) is 19.7 Å². The van der Waals surface area contributed by atoms with Crippen LogP contribution in [0.4, 0.5) is 13.6 Å². The molecule has 1 fully saturated rings. The lowest BCUT2D eigenvalue weighted by atomic mass is 10.1. The molecule has 4 nitrogen and oxygen atoms in total. The van der Waals surface area contributed by atoms with E-state index in [0.29, 0.717) is 13.1 Å². The first kappa shape index (κ1) is 16.5. The molecule has 0 spiro atoms. The molecular weight excluding hydrogens is 292 g/mol. The lowest BCUT2D eigenvalue weighted by Gasteiger charge is -2.24. The highest BCUT2D eigenvalue weighted by atomic mass is 19.1. The maximum Gasteiger partial charge on any atom is 0.410 e. The second kappa shape index (κ2) is 6.50. The summed E-state index contributed by atoms with van der Waals surface area (Å²) in [5, 5.41) is 0. The minimum Gasteiger partial charge on any atom is -0.490 e. The van der Waals surface area contributed by atoms with Crippen LogP contribution in [0.1, 0.15) is 27.2 Å². The van der Waals surface area contributed by atoms with Crippen LogP contribution in [0.15, 0.2) is 18.2 Å². The van der Waals surface area contributed by atoms with Crippen LogP contribution in [0.25, 0.3) is 0 Å². The first-order chi connectivity index (χ1) is 10.2. The minimum atomic E-state index is -0.720. The van der Waals surface area contributed by atoms with Crippen LogP contribution in [-0.4, -0.2) is 36.3 Å². The van der Waals surface area contributed by atoms with Gasteiger partial charge in [-0.2, -0.15) is 0 Å². The van der Waals surface area contributed by atoms with Crippen LogP contribution in [-0.2, 0) is 4.74 Å². The Labute approximate surface area is 129 Å². The number of benzene rings is 1. The largest absolute Gasteiger partial charge is 0.490 e. The van der Waals surface area contributed by atoms with Gasteiger partial charge in [0, 0.05) is 25.1 Å². The van der Waals surface area contributed by atoms with Crippen LogP contribution >= 0.6 is 0 Å². The molecule has 1 aliphatic rings. The molecule has 0 N–H and O–H groups in total. The molecule has 0 aliphatic carbocycles. The first-order valence-corrected chi connectivity index (χ1v) is 7.30. The quantitative estimate of drug-likeness (QED) is 0.856. The van der Waals surface area contributed by atoms with Crippen molar-refractivity contribution >= 4 is 6.09 Å². The van der Waals surface area contributed by atoms with Crippen LogP contribution in [0.2, 0.25) is 0 Å². The summed E-state index contributed by atoms with van der Waals surface area (Å²) in [7, 11) is 0. The van der Waals surface area contributed by atoms with Crippen LogP contribution in [0.3, 0.4) is 0 Å². The number of halogens is 2. The summed E-state index contributed by atoms with van der Waals surface area (Å²) in [5.41, 5.74) is -0.525. The summed E-state index contributed by atoms with van der Waals surface area (Å²) < 4.78 is 37.0. The molecule has 1 unspecified atom stereocenters. The zero-order valence-electron chi connectivity index (χ0n) is 13.1. The number of carbonyl (C=O) groups is 1. The molecule has 1 aromatic carbocycles. The number of rotatable bonds is 3. The number of likely N-dealkylation sites (tertiary alicyclic amines) is 1. The molecule has 0 radical (unpaired) electrons. The molecule has 1 atom stereocenters. The van der Waals surface area contributed by atoms with Crippen molar-refractivity contribution < 1.29 is 23.0 Å². The average Bonchev–Trinajstić information content (AvgIpc) is 2.84. The van der Waals surface area contributed by atoms with Gasteiger partial charge in [0.15, 0.2) is 11.6 Å². The van der Waals surface area contributed by atoms with Gasteiger partial charge in [0.2, 0.25) is 0 Å². The smallest absolute Gasteiger partial charge is 0.410 e. The second-order valence-electron chi connectivity index (χ2n) is 6.47. The van der Waals surface area contributed by atoms with Gasteiger partial charge in [-0.1, -0.05) is 0 Å². The summed E-state index contributed by atoms with van der Waals surface area (Å²) in [6, 6.07) is 3.21. The molecule has 0 saturated carbocycles. The lowest BCUT2D eigenvalue weighted by molar-refractivity contribution is 0.0284. The Kier molecular flexibility index (Phi) is 4.88. The van der Waals surface area contributed by atoms with E-state index in [1.807, 2.05) is 20.8 Å². The maximum atomic E-state index is 13.5. The summed E-state index contributed by atoms with van der Waals surface area (Å²) in [5.74, 6) is -1.22. The van der Waals surface area contributed by atoms with Crippen LogP contribution in [0, 0.1) is 17.6 Å². The van der Waals surface area contributed by atoms with E-state index in [-0.39, 0.29) is 24.4 Å². The van der Waals surface area contributed by atoms with Crippen LogP contribution in [0.5, 0.6) is 5.75 Å². The Morgan fingerprint density at radius 3 is 2.73 bits per heavy atom. The van der Waals surface area contributed by atoms with Gasteiger partial charge in [-0.05, 0) is 39.3 Å². The monoisotopic (exact) mass is 313 g/mol. The van der Waals surface area contributed by atoms with E-state index in [0.717, 1.165) is 18.6 Å². The van der Waals surface area contributed by atoms with Gasteiger partial charge in [-0.15, -0.1) is 0 Å². The van der Waals surface area contributed by atoms with Gasteiger partial charge in [0.05, 0.1) is 6.61 Å². The third-order valence-electron chi connectivity index (χ3n) is 3.31. The van der Waals surface area contributed by atoms with Gasteiger partial charge in [-0.3, -0.25) is 0 Å². The van der Waals surface area contributed by atoms with E-state index in [9.17, 15) is 13.6 Å². The Morgan fingerprint density at radius 1 is 1.36 bits per heavy atom. The van der Waals surface area contributed by atoms with Crippen molar-refractivity contribution in [2.45, 2.75) is 32.8 Å². The zero-order valence-corrected chi connectivity index (χ0v) is 13.1. The predicted molar refractivity (Wildman–Crippen MR) is 77.8 cm³/mol. The molecule has 1 heterocycles. The van der Waals surface area contributed by atoms with Gasteiger partial charge < -0.3 is 14.4 Å². The molecule has 1 saturated heterocycles. The first-order valence-electron chi connectivity index (χ1n) is 7.30. The van der Waals surface area contributed by atoms with Crippen molar-refractivity contribution in [3.63, 3.8) is 0 Å². The van der Waals surface area contributed by atoms with Gasteiger partial charge in [0.1, 0.15) is 11.4 Å². The standard InChI is InChI=1S/C16H21F2NO3/c1-16(2,3)22-15(20)19-7-6-11(9-19)10-21-14-5-4-12(17)8-13(14)18/h4-5,8,11H,6-7,9-10H2,1-3H3. The van der Waals surface area contributed by atoms with Crippen molar-refractivity contribution in [1.82, 2.24) is 4.90 Å². The molecule has 22 heavy (non-hydrogen) atoms. The van der Waals surface area contributed by atoms with Crippen molar-refractivity contribution in [2.24, 2.45) is 5.92 Å². The molecule has 2 rings (SSSR count). The van der Waals surface area contributed by atoms with E-state index in [1.165, 1.54) is 6.07 Å². The third kappa shape index (κ3) is 4.58. The Bertz CT molecular complexity index is 543. The van der Waals surface area contributed by atoms with Crippen molar-refractivity contribution in [3.8, 4) is 5.75 Å². The fourth-order valence-corrected chi connectivity index (χ4v) is 2.26. The van der Waals surface area contributed by atoms with Crippen molar-refractivity contribution in [3.05, 3.63) is 29.8 Å². The SMILES string of the molecule is CC(C)(C)OC(=O)N1CCC(COc2ccc(F)cc2F)C1. The molecule has 1 aliphatic heterocycles. The van der Waals surface area contributed by atoms with Gasteiger partial charge >= 0.3 is 6.09 Å². The van der Waals surface area contributed by atoms with E-state index < -0.39 is 17.2 Å². The fraction of sp³-hybridized carbons (Fsp3) is 0.562. The number of nitrogens with zero attached hydrogens (tertiary/aromatic N) is 1. The highest BCUT2D eigenvalue weighted by Crippen LogP contribution is 2.23. The number of carbonyl (C=O) groups excluding carboxylic acids is 1. The highest BCUT2D eigenvalue weighted by Gasteiger charge is 2.30. The van der Waals surface area contributed by atoms with Crippen LogP contribution < -0.4 is 4.74 Å². The van der Waals surface area contributed by atoms with E-state index in [2.05, 4.69) is 0 Å².